The van der Waals surface area contributed by atoms with Crippen LogP contribution in [-0.4, -0.2) is 25.6 Å². The van der Waals surface area contributed by atoms with Crippen LogP contribution in [0.1, 0.15) is 23.5 Å². The third-order valence-electron chi connectivity index (χ3n) is 1.63. The fourth-order valence-corrected chi connectivity index (χ4v) is 1.67. The van der Waals surface area contributed by atoms with Crippen LogP contribution in [-0.2, 0) is 4.74 Å². The van der Waals surface area contributed by atoms with Crippen molar-refractivity contribution in [1.82, 2.24) is 0 Å². The highest BCUT2D eigenvalue weighted by Crippen LogP contribution is 2.21. The molecule has 0 bridgehead atoms. The molecular weight excluding hydrogens is 200 g/mol. The van der Waals surface area contributed by atoms with Crippen molar-refractivity contribution < 1.29 is 14.3 Å². The molecule has 0 unspecified atom stereocenters. The van der Waals surface area contributed by atoms with E-state index < -0.39 is 0 Å². The van der Waals surface area contributed by atoms with Gasteiger partial charge in [0.05, 0.1) is 18.1 Å². The molecule has 78 valence electrons. The van der Waals surface area contributed by atoms with Crippen LogP contribution < -0.4 is 4.74 Å². The molecule has 0 aliphatic carbocycles. The van der Waals surface area contributed by atoms with Gasteiger partial charge in [-0.05, 0) is 13.8 Å². The zero-order chi connectivity index (χ0) is 10.6. The van der Waals surface area contributed by atoms with E-state index in [1.807, 2.05) is 19.2 Å². The van der Waals surface area contributed by atoms with Crippen molar-refractivity contribution in [3.63, 3.8) is 0 Å². The largest absolute Gasteiger partial charge is 0.496 e. The molecule has 4 heteroatoms. The van der Waals surface area contributed by atoms with E-state index in [0.717, 1.165) is 5.75 Å². The molecule has 0 aromatic carbocycles. The van der Waals surface area contributed by atoms with Crippen molar-refractivity contribution in [2.24, 2.45) is 0 Å². The Morgan fingerprint density at radius 2 is 2.29 bits per heavy atom. The molecule has 0 N–H and O–H groups in total. The lowest BCUT2D eigenvalue weighted by Crippen LogP contribution is -2.12. The Morgan fingerprint density at radius 1 is 1.57 bits per heavy atom. The van der Waals surface area contributed by atoms with Crippen molar-refractivity contribution in [3.05, 3.63) is 16.3 Å². The van der Waals surface area contributed by atoms with Crippen molar-refractivity contribution in [3.8, 4) is 5.75 Å². The highest BCUT2D eigenvalue weighted by molar-refractivity contribution is 7.12. The number of hydrogen-bond donors (Lipinski definition) is 0. The van der Waals surface area contributed by atoms with Gasteiger partial charge in [0.25, 0.3) is 0 Å². The smallest absolute Gasteiger partial charge is 0.198 e. The monoisotopic (exact) mass is 214 g/mol. The number of carbonyl (C=O) groups excluding carboxylic acids is 1. The Balaban J connectivity index is 2.52. The van der Waals surface area contributed by atoms with Crippen molar-refractivity contribution in [2.45, 2.75) is 20.0 Å². The Labute approximate surface area is 87.7 Å². The van der Waals surface area contributed by atoms with Crippen LogP contribution >= 0.6 is 11.3 Å². The van der Waals surface area contributed by atoms with E-state index >= 15 is 0 Å². The van der Waals surface area contributed by atoms with Gasteiger partial charge in [-0.25, -0.2) is 0 Å². The summed E-state index contributed by atoms with van der Waals surface area (Å²) in [5.41, 5.74) is 0. The summed E-state index contributed by atoms with van der Waals surface area (Å²) in [6.45, 7) is 3.95. The summed E-state index contributed by atoms with van der Waals surface area (Å²) < 4.78 is 10.2. The summed E-state index contributed by atoms with van der Waals surface area (Å²) in [4.78, 5) is 12.2. The zero-order valence-corrected chi connectivity index (χ0v) is 9.39. The summed E-state index contributed by atoms with van der Waals surface area (Å²) in [5, 5.41) is 1.81. The second-order valence-electron chi connectivity index (χ2n) is 3.13. The van der Waals surface area contributed by atoms with E-state index in [-0.39, 0.29) is 18.5 Å². The number of carbonyl (C=O) groups is 1. The summed E-state index contributed by atoms with van der Waals surface area (Å²) in [5.74, 6) is 0.731. The van der Waals surface area contributed by atoms with E-state index in [9.17, 15) is 4.79 Å². The minimum atomic E-state index is 0.00648. The molecule has 3 nitrogen and oxygen atoms in total. The average Bonchev–Trinajstić information content (AvgIpc) is 2.62. The highest BCUT2D eigenvalue weighted by Gasteiger charge is 2.10. The summed E-state index contributed by atoms with van der Waals surface area (Å²) in [7, 11) is 1.58. The Kier molecular flexibility index (Phi) is 4.10. The molecule has 0 fully saturated rings. The van der Waals surface area contributed by atoms with Gasteiger partial charge >= 0.3 is 0 Å². The third kappa shape index (κ3) is 3.12. The SMILES string of the molecule is COc1csc(C(=O)COC(C)C)c1. The first-order valence-corrected chi connectivity index (χ1v) is 5.28. The van der Waals surface area contributed by atoms with Gasteiger partial charge in [-0.3, -0.25) is 4.79 Å². The fraction of sp³-hybridized carbons (Fsp3) is 0.500. The predicted molar refractivity (Wildman–Crippen MR) is 56.3 cm³/mol. The summed E-state index contributed by atoms with van der Waals surface area (Å²) >= 11 is 1.38. The molecule has 0 aliphatic heterocycles. The van der Waals surface area contributed by atoms with Gasteiger partial charge in [0.2, 0.25) is 0 Å². The van der Waals surface area contributed by atoms with Crippen LogP contribution in [0, 0.1) is 0 Å². The molecule has 0 radical (unpaired) electrons. The number of rotatable bonds is 5. The molecule has 0 aliphatic rings. The van der Waals surface area contributed by atoms with Crippen LogP contribution in [0.2, 0.25) is 0 Å². The van der Waals surface area contributed by atoms with Gasteiger partial charge in [-0.2, -0.15) is 0 Å². The molecule has 0 amide bonds. The Hall–Kier alpha value is -0.870. The number of methoxy groups -OCH3 is 1. The lowest BCUT2D eigenvalue weighted by atomic mass is 10.3. The number of thiophene rings is 1. The molecular formula is C10H14O3S. The zero-order valence-electron chi connectivity index (χ0n) is 8.57. The van der Waals surface area contributed by atoms with Crippen molar-refractivity contribution in [1.29, 1.82) is 0 Å². The Bertz CT molecular complexity index is 304. The topological polar surface area (TPSA) is 35.5 Å². The van der Waals surface area contributed by atoms with Crippen molar-refractivity contribution in [2.75, 3.05) is 13.7 Å². The standard InChI is InChI=1S/C10H14O3S/c1-7(2)13-5-9(11)10-4-8(12-3)6-14-10/h4,6-7H,5H2,1-3H3. The van der Waals surface area contributed by atoms with Crippen LogP contribution in [0.5, 0.6) is 5.75 Å². The number of hydrogen-bond acceptors (Lipinski definition) is 4. The van der Waals surface area contributed by atoms with E-state index in [0.29, 0.717) is 4.88 Å². The molecule has 0 spiro atoms. The first-order valence-electron chi connectivity index (χ1n) is 4.40. The van der Waals surface area contributed by atoms with Gasteiger partial charge in [0, 0.05) is 11.4 Å². The van der Waals surface area contributed by atoms with Gasteiger partial charge in [0.15, 0.2) is 5.78 Å². The summed E-state index contributed by atoms with van der Waals surface area (Å²) in [6.07, 6.45) is 0.0841. The molecule has 1 heterocycles. The van der Waals surface area contributed by atoms with Gasteiger partial charge in [-0.1, -0.05) is 0 Å². The van der Waals surface area contributed by atoms with Crippen LogP contribution in [0.15, 0.2) is 11.4 Å². The first-order chi connectivity index (χ1) is 6.63. The number of ketones is 1. The molecule has 1 aromatic heterocycles. The van der Waals surface area contributed by atoms with Gasteiger partial charge in [0.1, 0.15) is 12.4 Å². The lowest BCUT2D eigenvalue weighted by Gasteiger charge is -2.04. The van der Waals surface area contributed by atoms with Crippen LogP contribution in [0.4, 0.5) is 0 Å². The lowest BCUT2D eigenvalue weighted by molar-refractivity contribution is 0.0588. The van der Waals surface area contributed by atoms with Crippen molar-refractivity contribution >= 4 is 17.1 Å². The van der Waals surface area contributed by atoms with E-state index in [1.165, 1.54) is 11.3 Å². The second-order valence-corrected chi connectivity index (χ2v) is 4.04. The van der Waals surface area contributed by atoms with E-state index in [1.54, 1.807) is 13.2 Å². The maximum atomic E-state index is 11.5. The molecule has 0 saturated carbocycles. The minimum absolute atomic E-state index is 0.00648. The van der Waals surface area contributed by atoms with E-state index in [4.69, 9.17) is 9.47 Å². The van der Waals surface area contributed by atoms with Crippen LogP contribution in [0.25, 0.3) is 0 Å². The minimum Gasteiger partial charge on any atom is -0.496 e. The normalized spacial score (nSPS) is 10.6. The molecule has 0 atom stereocenters. The molecule has 0 saturated heterocycles. The molecule has 1 aromatic rings. The molecule has 14 heavy (non-hydrogen) atoms. The van der Waals surface area contributed by atoms with Gasteiger partial charge < -0.3 is 9.47 Å². The number of ether oxygens (including phenoxy) is 2. The fourth-order valence-electron chi connectivity index (χ4n) is 0.886. The quantitative estimate of drug-likeness (QED) is 0.706. The van der Waals surface area contributed by atoms with Gasteiger partial charge in [-0.15, -0.1) is 11.3 Å². The summed E-state index contributed by atoms with van der Waals surface area (Å²) in [6, 6.07) is 1.73. The highest BCUT2D eigenvalue weighted by atomic mass is 32.1. The van der Waals surface area contributed by atoms with Crippen LogP contribution in [0.3, 0.4) is 0 Å². The molecule has 1 rings (SSSR count). The third-order valence-corrected chi connectivity index (χ3v) is 2.58. The number of Topliss-reactive ketones (excluding diaryl/α,β-unsaturated/α-hetero) is 1. The maximum Gasteiger partial charge on any atom is 0.198 e. The first kappa shape index (κ1) is 11.2. The average molecular weight is 214 g/mol. The second kappa shape index (κ2) is 5.12. The Morgan fingerprint density at radius 3 is 2.79 bits per heavy atom. The predicted octanol–water partition coefficient (Wildman–Crippen LogP) is 2.36. The van der Waals surface area contributed by atoms with E-state index in [2.05, 4.69) is 0 Å². The maximum absolute atomic E-state index is 11.5.